The summed E-state index contributed by atoms with van der Waals surface area (Å²) < 4.78 is 10.4. The predicted octanol–water partition coefficient (Wildman–Crippen LogP) is 9.09. The van der Waals surface area contributed by atoms with Crippen LogP contribution in [0.15, 0.2) is 132 Å². The lowest BCUT2D eigenvalue weighted by molar-refractivity contribution is 0.669. The van der Waals surface area contributed by atoms with E-state index in [1.54, 1.807) is 0 Å². The molecule has 0 aliphatic carbocycles. The molecule has 0 unspecified atom stereocenters. The third-order valence-electron chi connectivity index (χ3n) is 8.54. The molecule has 0 aliphatic heterocycles. The first-order valence-electron chi connectivity index (χ1n) is 14.3. The molecule has 10 rings (SSSR count). The highest BCUT2D eigenvalue weighted by atomic mass is 16.3. The van der Waals surface area contributed by atoms with Crippen molar-refractivity contribution in [3.8, 4) is 17.2 Å². The second-order valence-electron chi connectivity index (χ2n) is 10.9. The van der Waals surface area contributed by atoms with Gasteiger partial charge >= 0.3 is 0 Å². The van der Waals surface area contributed by atoms with Gasteiger partial charge in [0.05, 0.1) is 33.3 Å². The molecule has 0 amide bonds. The minimum absolute atomic E-state index is 0.625. The highest BCUT2D eigenvalue weighted by Gasteiger charge is 2.19. The Labute approximate surface area is 244 Å². The third kappa shape index (κ3) is 3.14. The molecule has 0 N–H and O–H groups in total. The third-order valence-corrected chi connectivity index (χ3v) is 8.54. The maximum Gasteiger partial charge on any atom is 0.235 e. The van der Waals surface area contributed by atoms with Crippen molar-refractivity contribution in [3.05, 3.63) is 128 Å². The number of fused-ring (bicyclic) bond motifs is 10. The summed E-state index contributed by atoms with van der Waals surface area (Å²) in [6, 6.07) is 41.7. The van der Waals surface area contributed by atoms with E-state index in [0.717, 1.165) is 82.6 Å². The lowest BCUT2D eigenvalue weighted by Gasteiger charge is -2.12. The van der Waals surface area contributed by atoms with Crippen molar-refractivity contribution in [2.75, 3.05) is 0 Å². The van der Waals surface area contributed by atoms with Crippen molar-refractivity contribution in [1.29, 1.82) is 0 Å². The number of benzene rings is 5. The fourth-order valence-electron chi connectivity index (χ4n) is 6.60. The number of furan rings is 1. The maximum absolute atomic E-state index is 6.12. The first-order chi connectivity index (χ1) is 21.3. The number of rotatable bonds is 2. The van der Waals surface area contributed by atoms with Gasteiger partial charge < -0.3 is 4.42 Å². The monoisotopic (exact) mass is 551 g/mol. The summed E-state index contributed by atoms with van der Waals surface area (Å²) in [5.74, 6) is 0.625. The maximum atomic E-state index is 6.12. The van der Waals surface area contributed by atoms with Crippen LogP contribution >= 0.6 is 0 Å². The van der Waals surface area contributed by atoms with Crippen molar-refractivity contribution < 1.29 is 4.42 Å². The predicted molar refractivity (Wildman–Crippen MR) is 173 cm³/mol. The topological polar surface area (TPSA) is 61.2 Å². The number of pyridine rings is 1. The molecule has 6 heteroatoms. The van der Waals surface area contributed by atoms with Crippen LogP contribution in [0.2, 0.25) is 0 Å². The van der Waals surface area contributed by atoms with E-state index >= 15 is 0 Å². The average molecular weight is 552 g/mol. The van der Waals surface area contributed by atoms with Gasteiger partial charge in [-0.2, -0.15) is 0 Å². The van der Waals surface area contributed by atoms with E-state index in [9.17, 15) is 0 Å². The van der Waals surface area contributed by atoms with Gasteiger partial charge in [0.25, 0.3) is 0 Å². The Kier molecular flexibility index (Phi) is 4.36. The van der Waals surface area contributed by atoms with Gasteiger partial charge in [-0.3, -0.25) is 8.97 Å². The molecule has 0 radical (unpaired) electrons. The largest absolute Gasteiger partial charge is 0.456 e. The molecule has 0 spiro atoms. The van der Waals surface area contributed by atoms with Crippen LogP contribution in [-0.2, 0) is 0 Å². The van der Waals surface area contributed by atoms with Crippen molar-refractivity contribution in [2.45, 2.75) is 0 Å². The zero-order valence-corrected chi connectivity index (χ0v) is 22.8. The molecule has 0 aliphatic rings. The second kappa shape index (κ2) is 8.27. The molecule has 0 bridgehead atoms. The van der Waals surface area contributed by atoms with Gasteiger partial charge in [-0.15, -0.1) is 0 Å². The van der Waals surface area contributed by atoms with Crippen LogP contribution < -0.4 is 0 Å². The Morgan fingerprint density at radius 2 is 1.28 bits per heavy atom. The van der Waals surface area contributed by atoms with Gasteiger partial charge in [-0.05, 0) is 60.7 Å². The Morgan fingerprint density at radius 1 is 0.488 bits per heavy atom. The minimum Gasteiger partial charge on any atom is -0.456 e. The van der Waals surface area contributed by atoms with Crippen molar-refractivity contribution in [3.63, 3.8) is 0 Å². The second-order valence-corrected chi connectivity index (χ2v) is 10.9. The summed E-state index contributed by atoms with van der Waals surface area (Å²) in [5.41, 5.74) is 9.54. The van der Waals surface area contributed by atoms with E-state index in [1.165, 1.54) is 0 Å². The Balaban J connectivity index is 1.29. The number of imidazole rings is 1. The first kappa shape index (κ1) is 22.7. The van der Waals surface area contributed by atoms with Gasteiger partial charge in [0, 0.05) is 38.7 Å². The number of para-hydroxylation sites is 3. The van der Waals surface area contributed by atoms with Crippen molar-refractivity contribution in [1.82, 2.24) is 23.9 Å². The summed E-state index contributed by atoms with van der Waals surface area (Å²) in [4.78, 5) is 15.4. The van der Waals surface area contributed by atoms with E-state index < -0.39 is 0 Å². The Hall–Kier alpha value is -6.01. The SMILES string of the molecule is c1ccc2c(-c3ccc4oc5ccccc5c4c3)nc(-n3c4ccccc4c4cc5c(cc43)nc3ccccn35)nc2c1. The van der Waals surface area contributed by atoms with E-state index in [0.29, 0.717) is 5.95 Å². The highest BCUT2D eigenvalue weighted by molar-refractivity contribution is 6.13. The summed E-state index contributed by atoms with van der Waals surface area (Å²) in [7, 11) is 0. The summed E-state index contributed by atoms with van der Waals surface area (Å²) in [6.07, 6.45) is 2.06. The molecule has 5 aromatic carbocycles. The number of aromatic nitrogens is 5. The fraction of sp³-hybridized carbons (Fsp3) is 0. The van der Waals surface area contributed by atoms with E-state index in [4.69, 9.17) is 19.4 Å². The van der Waals surface area contributed by atoms with Crippen LogP contribution in [0.4, 0.5) is 0 Å². The molecule has 10 aromatic rings. The Morgan fingerprint density at radius 3 is 2.23 bits per heavy atom. The van der Waals surface area contributed by atoms with Crippen LogP contribution in [0, 0.1) is 0 Å². The molecular formula is C37H21N5O. The standard InChI is InChI=1S/C37H21N5O/c1-4-12-28-25(11-1)36(22-16-17-34-27(19-22)24-10-3-6-14-33(24)43-34)40-37(39-28)42-30-13-5-2-9-23(30)26-20-32-29(21-31(26)42)38-35-15-7-8-18-41(32)35/h1-21H. The zero-order chi connectivity index (χ0) is 28.1. The van der Waals surface area contributed by atoms with Crippen LogP contribution in [0.5, 0.6) is 0 Å². The van der Waals surface area contributed by atoms with Crippen LogP contribution in [0.25, 0.3) is 88.5 Å². The van der Waals surface area contributed by atoms with Gasteiger partial charge in [0.2, 0.25) is 5.95 Å². The number of hydrogen-bond donors (Lipinski definition) is 0. The van der Waals surface area contributed by atoms with Crippen LogP contribution in [0.3, 0.4) is 0 Å². The minimum atomic E-state index is 0.625. The molecule has 5 aromatic heterocycles. The first-order valence-corrected chi connectivity index (χ1v) is 14.3. The quantitative estimate of drug-likeness (QED) is 0.215. The average Bonchev–Trinajstić information content (AvgIpc) is 3.72. The lowest BCUT2D eigenvalue weighted by atomic mass is 10.0. The van der Waals surface area contributed by atoms with E-state index in [-0.39, 0.29) is 0 Å². The lowest BCUT2D eigenvalue weighted by Crippen LogP contribution is -2.03. The molecule has 5 heterocycles. The highest BCUT2D eigenvalue weighted by Crippen LogP contribution is 2.37. The molecule has 0 saturated carbocycles. The molecule has 43 heavy (non-hydrogen) atoms. The Bertz CT molecular complexity index is 2750. The zero-order valence-electron chi connectivity index (χ0n) is 22.8. The molecule has 6 nitrogen and oxygen atoms in total. The summed E-state index contributed by atoms with van der Waals surface area (Å²) >= 11 is 0. The smallest absolute Gasteiger partial charge is 0.235 e. The molecular weight excluding hydrogens is 530 g/mol. The summed E-state index contributed by atoms with van der Waals surface area (Å²) in [6.45, 7) is 0. The molecule has 0 fully saturated rings. The van der Waals surface area contributed by atoms with Gasteiger partial charge in [0.1, 0.15) is 16.8 Å². The van der Waals surface area contributed by atoms with Gasteiger partial charge in [-0.25, -0.2) is 15.0 Å². The molecule has 0 saturated heterocycles. The van der Waals surface area contributed by atoms with Crippen molar-refractivity contribution >= 4 is 71.3 Å². The fourth-order valence-corrected chi connectivity index (χ4v) is 6.60. The summed E-state index contributed by atoms with van der Waals surface area (Å²) in [5, 5.41) is 5.45. The van der Waals surface area contributed by atoms with Gasteiger partial charge in [-0.1, -0.05) is 60.7 Å². The number of hydrogen-bond acceptors (Lipinski definition) is 4. The molecule has 200 valence electrons. The van der Waals surface area contributed by atoms with E-state index in [1.807, 2.05) is 54.6 Å². The molecule has 0 atom stereocenters. The number of nitrogens with zero attached hydrogens (tertiary/aromatic N) is 5. The normalized spacial score (nSPS) is 12.2. The van der Waals surface area contributed by atoms with Gasteiger partial charge in [0.15, 0.2) is 0 Å². The van der Waals surface area contributed by atoms with Crippen molar-refractivity contribution in [2.24, 2.45) is 0 Å². The van der Waals surface area contributed by atoms with Crippen LogP contribution in [0.1, 0.15) is 0 Å². The van der Waals surface area contributed by atoms with E-state index in [2.05, 4.69) is 81.9 Å². The van der Waals surface area contributed by atoms with Crippen LogP contribution in [-0.4, -0.2) is 23.9 Å².